The Morgan fingerprint density at radius 1 is 1.08 bits per heavy atom. The van der Waals surface area contributed by atoms with Gasteiger partial charge in [-0.1, -0.05) is 37.8 Å². The van der Waals surface area contributed by atoms with Gasteiger partial charge in [0.2, 0.25) is 0 Å². The molecule has 0 heterocycles. The summed E-state index contributed by atoms with van der Waals surface area (Å²) in [5, 5.41) is 0.917. The number of hydrogen-bond donors (Lipinski definition) is 0. The molecule has 1 aromatic carbocycles. The van der Waals surface area contributed by atoms with E-state index in [1.54, 1.807) is 6.07 Å². The Balaban J connectivity index is 0.00000121. The zero-order chi connectivity index (χ0) is 8.48. The maximum Gasteiger partial charge on any atom is 0.122 e. The van der Waals surface area contributed by atoms with E-state index in [0.29, 0.717) is 0 Å². The van der Waals surface area contributed by atoms with Crippen molar-refractivity contribution in [2.45, 2.75) is 19.6 Å². The number of benzene rings is 1. The van der Waals surface area contributed by atoms with Crippen LogP contribution in [0.4, 0.5) is 4.39 Å². The van der Waals surface area contributed by atoms with Crippen LogP contribution in [0.3, 0.4) is 0 Å². The van der Waals surface area contributed by atoms with E-state index in [4.69, 9.17) is 0 Å². The monoisotopic (exact) mass is 175 g/mol. The summed E-state index contributed by atoms with van der Waals surface area (Å²) in [6.07, 6.45) is 0. The molecule has 0 spiro atoms. The molecule has 1 rings (SSSR count). The van der Waals surface area contributed by atoms with Gasteiger partial charge in [0.05, 0.1) is 8.07 Å². The van der Waals surface area contributed by atoms with E-state index < -0.39 is 8.07 Å². The molecule has 0 saturated heterocycles. The smallest absolute Gasteiger partial charge is 0.122 e. The van der Waals surface area contributed by atoms with Crippen molar-refractivity contribution in [2.24, 2.45) is 0 Å². The molecule has 1 radical (unpaired) electrons. The SMILES string of the molecule is C[Si](C)(C)c1ccccc1F.[Li]. The van der Waals surface area contributed by atoms with Gasteiger partial charge in [0.25, 0.3) is 0 Å². The summed E-state index contributed by atoms with van der Waals surface area (Å²) in [4.78, 5) is 0. The van der Waals surface area contributed by atoms with E-state index >= 15 is 0 Å². The average molecular weight is 175 g/mol. The van der Waals surface area contributed by atoms with Gasteiger partial charge in [-0.25, -0.2) is 4.39 Å². The maximum absolute atomic E-state index is 13.1. The molecule has 0 atom stereocenters. The maximum atomic E-state index is 13.1. The Bertz CT molecular complexity index is 255. The van der Waals surface area contributed by atoms with E-state index in [-0.39, 0.29) is 24.7 Å². The predicted molar refractivity (Wildman–Crippen MR) is 55.1 cm³/mol. The van der Waals surface area contributed by atoms with Crippen molar-refractivity contribution in [2.75, 3.05) is 0 Å². The Morgan fingerprint density at radius 3 is 1.92 bits per heavy atom. The zero-order valence-electron chi connectivity index (χ0n) is 8.19. The summed E-state index contributed by atoms with van der Waals surface area (Å²) in [6.45, 7) is 6.43. The summed E-state index contributed by atoms with van der Waals surface area (Å²) in [5.41, 5.74) is 0. The first-order valence-corrected chi connectivity index (χ1v) is 7.27. The fourth-order valence-corrected chi connectivity index (χ4v) is 2.47. The number of rotatable bonds is 1. The third kappa shape index (κ3) is 2.78. The largest absolute Gasteiger partial charge is 0.207 e. The van der Waals surface area contributed by atoms with Crippen LogP contribution in [0.25, 0.3) is 0 Å². The molecule has 0 aliphatic carbocycles. The minimum absolute atomic E-state index is 0. The van der Waals surface area contributed by atoms with Crippen LogP contribution in [0.15, 0.2) is 24.3 Å². The van der Waals surface area contributed by atoms with Crippen molar-refractivity contribution in [3.8, 4) is 0 Å². The molecule has 0 bridgehead atoms. The third-order valence-corrected chi connectivity index (χ3v) is 3.70. The molecular formula is C9H13FLiSi. The van der Waals surface area contributed by atoms with Crippen molar-refractivity contribution < 1.29 is 4.39 Å². The van der Waals surface area contributed by atoms with E-state index in [1.807, 2.05) is 12.1 Å². The van der Waals surface area contributed by atoms with Crippen LogP contribution < -0.4 is 5.19 Å². The minimum Gasteiger partial charge on any atom is -0.207 e. The molecular weight excluding hydrogens is 162 g/mol. The molecule has 61 valence electrons. The van der Waals surface area contributed by atoms with Crippen LogP contribution in [0, 0.1) is 5.82 Å². The fourth-order valence-electron chi connectivity index (χ4n) is 1.07. The number of halogens is 1. The van der Waals surface area contributed by atoms with Gasteiger partial charge in [-0.05, 0) is 11.3 Å². The molecule has 0 aliphatic rings. The van der Waals surface area contributed by atoms with Crippen molar-refractivity contribution in [1.82, 2.24) is 0 Å². The molecule has 1 aromatic rings. The van der Waals surface area contributed by atoms with Crippen LogP contribution in [-0.2, 0) is 0 Å². The topological polar surface area (TPSA) is 0 Å². The van der Waals surface area contributed by atoms with Crippen LogP contribution in [0.1, 0.15) is 0 Å². The summed E-state index contributed by atoms with van der Waals surface area (Å²) in [5.74, 6) is -0.0494. The van der Waals surface area contributed by atoms with Gasteiger partial charge in [0.1, 0.15) is 5.82 Å². The van der Waals surface area contributed by atoms with Gasteiger partial charge < -0.3 is 0 Å². The molecule has 0 amide bonds. The molecule has 0 unspecified atom stereocenters. The predicted octanol–water partition coefficient (Wildman–Crippen LogP) is 1.99. The molecule has 12 heavy (non-hydrogen) atoms. The molecule has 0 nitrogen and oxygen atoms in total. The second kappa shape index (κ2) is 4.27. The van der Waals surface area contributed by atoms with E-state index in [1.165, 1.54) is 6.07 Å². The number of hydrogen-bond acceptors (Lipinski definition) is 0. The molecule has 0 saturated carbocycles. The second-order valence-electron chi connectivity index (χ2n) is 3.73. The van der Waals surface area contributed by atoms with Crippen LogP contribution in [0.5, 0.6) is 0 Å². The Morgan fingerprint density at radius 2 is 1.58 bits per heavy atom. The first kappa shape index (κ1) is 12.0. The fraction of sp³-hybridized carbons (Fsp3) is 0.333. The van der Waals surface area contributed by atoms with Gasteiger partial charge in [0, 0.05) is 18.9 Å². The Hall–Kier alpha value is -0.0357. The zero-order valence-corrected chi connectivity index (χ0v) is 9.19. The molecule has 0 N–H and O–H groups in total. The van der Waals surface area contributed by atoms with Gasteiger partial charge in [-0.3, -0.25) is 0 Å². The normalized spacial score (nSPS) is 10.7. The Kier molecular flexibility index (Phi) is 4.26. The van der Waals surface area contributed by atoms with Gasteiger partial charge in [-0.15, -0.1) is 0 Å². The molecule has 0 aliphatic heterocycles. The van der Waals surface area contributed by atoms with Crippen LogP contribution >= 0.6 is 0 Å². The summed E-state index contributed by atoms with van der Waals surface area (Å²) in [7, 11) is -1.45. The third-order valence-electron chi connectivity index (χ3n) is 1.68. The van der Waals surface area contributed by atoms with E-state index in [9.17, 15) is 4.39 Å². The molecule has 3 heteroatoms. The van der Waals surface area contributed by atoms with Crippen molar-refractivity contribution in [3.63, 3.8) is 0 Å². The van der Waals surface area contributed by atoms with E-state index in [2.05, 4.69) is 19.6 Å². The minimum atomic E-state index is -1.45. The van der Waals surface area contributed by atoms with Crippen molar-refractivity contribution in [1.29, 1.82) is 0 Å². The first-order valence-electron chi connectivity index (χ1n) is 3.77. The van der Waals surface area contributed by atoms with E-state index in [0.717, 1.165) is 5.19 Å². The standard InChI is InChI=1S/C9H13FSi.Li/c1-11(2,3)9-7-5-4-6-8(9)10;/h4-7H,1-3H3;. The summed E-state index contributed by atoms with van der Waals surface area (Å²) < 4.78 is 13.1. The van der Waals surface area contributed by atoms with Crippen molar-refractivity contribution in [3.05, 3.63) is 30.1 Å². The van der Waals surface area contributed by atoms with Gasteiger partial charge in [-0.2, -0.15) is 0 Å². The summed E-state index contributed by atoms with van der Waals surface area (Å²) >= 11 is 0. The molecule has 0 aromatic heterocycles. The quantitative estimate of drug-likeness (QED) is 0.573. The van der Waals surface area contributed by atoms with Crippen LogP contribution in [-0.4, -0.2) is 26.9 Å². The van der Waals surface area contributed by atoms with Gasteiger partial charge in [0.15, 0.2) is 0 Å². The van der Waals surface area contributed by atoms with Crippen LogP contribution in [0.2, 0.25) is 19.6 Å². The molecule has 0 fully saturated rings. The summed E-state index contributed by atoms with van der Waals surface area (Å²) in [6, 6.07) is 7.06. The van der Waals surface area contributed by atoms with Gasteiger partial charge >= 0.3 is 0 Å². The second-order valence-corrected chi connectivity index (χ2v) is 8.77. The van der Waals surface area contributed by atoms with Crippen molar-refractivity contribution >= 4 is 32.1 Å². The average Bonchev–Trinajstić information content (AvgIpc) is 1.86. The first-order chi connectivity index (χ1) is 5.02. The Labute approximate surface area is 86.4 Å².